The van der Waals surface area contributed by atoms with Crippen LogP contribution in [0.3, 0.4) is 0 Å². The Morgan fingerprint density at radius 1 is 1.20 bits per heavy atom. The molecule has 0 spiro atoms. The van der Waals surface area contributed by atoms with Gasteiger partial charge in [0.2, 0.25) is 0 Å². The Morgan fingerprint density at radius 2 is 1.80 bits per heavy atom. The first kappa shape index (κ1) is 12.0. The molecule has 0 aliphatic heterocycles. The molecule has 0 aliphatic rings. The highest BCUT2D eigenvalue weighted by Crippen LogP contribution is 2.20. The van der Waals surface area contributed by atoms with Crippen LogP contribution in [0.15, 0.2) is 30.3 Å². The van der Waals surface area contributed by atoms with Gasteiger partial charge in [0.25, 0.3) is 0 Å². The van der Waals surface area contributed by atoms with Crippen molar-refractivity contribution in [1.82, 2.24) is 0 Å². The van der Waals surface area contributed by atoms with E-state index >= 15 is 0 Å². The van der Waals surface area contributed by atoms with Crippen molar-refractivity contribution in [3.63, 3.8) is 0 Å². The predicted octanol–water partition coefficient (Wildman–Crippen LogP) is 2.13. The zero-order valence-electron chi connectivity index (χ0n) is 7.87. The summed E-state index contributed by atoms with van der Waals surface area (Å²) in [5.41, 5.74) is 0.770. The molecule has 0 unspecified atom stereocenters. The second-order valence-electron chi connectivity index (χ2n) is 3.06. The summed E-state index contributed by atoms with van der Waals surface area (Å²) in [5, 5.41) is 8.61. The van der Waals surface area contributed by atoms with Crippen LogP contribution >= 0.6 is 0 Å². The molecule has 0 heterocycles. The van der Waals surface area contributed by atoms with Crippen molar-refractivity contribution in [1.29, 1.82) is 0 Å². The maximum atomic E-state index is 11.8. The van der Waals surface area contributed by atoms with Crippen LogP contribution in [-0.4, -0.2) is 24.0 Å². The summed E-state index contributed by atoms with van der Waals surface area (Å²) in [4.78, 5) is 0. The summed E-state index contributed by atoms with van der Waals surface area (Å²) in [6.07, 6.45) is -7.03. The quantitative estimate of drug-likeness (QED) is 0.842. The minimum Gasteiger partial charge on any atom is -0.382 e. The second kappa shape index (κ2) is 5.14. The molecule has 2 nitrogen and oxygen atoms in total. The number of ether oxygens (including phenoxy) is 1. The largest absolute Gasteiger partial charge is 0.416 e. The Balaban J connectivity index is 2.28. The van der Waals surface area contributed by atoms with Crippen molar-refractivity contribution in [2.45, 2.75) is 18.9 Å². The lowest BCUT2D eigenvalue weighted by atomic mass is 10.2. The smallest absolute Gasteiger partial charge is 0.382 e. The Morgan fingerprint density at radius 3 is 2.33 bits per heavy atom. The van der Waals surface area contributed by atoms with Gasteiger partial charge in [-0.05, 0) is 5.56 Å². The number of alkyl halides is 3. The van der Waals surface area contributed by atoms with Crippen molar-refractivity contribution in [3.8, 4) is 0 Å². The van der Waals surface area contributed by atoms with Crippen LogP contribution in [0, 0.1) is 0 Å². The van der Waals surface area contributed by atoms with Gasteiger partial charge in [0, 0.05) is 0 Å². The van der Waals surface area contributed by atoms with Crippen LogP contribution in [0.2, 0.25) is 0 Å². The average molecular weight is 220 g/mol. The average Bonchev–Trinajstić information content (AvgIpc) is 2.18. The standard InChI is InChI=1S/C10H11F3O2/c11-10(12,13)9(14)7-15-6-8-4-2-1-3-5-8/h1-5,9,14H,6-7H2/t9-/m1/s1. The maximum absolute atomic E-state index is 11.8. The van der Waals surface area contributed by atoms with Crippen LogP contribution in [0.4, 0.5) is 13.2 Å². The fourth-order valence-corrected chi connectivity index (χ4v) is 0.957. The number of rotatable bonds is 4. The first-order valence-corrected chi connectivity index (χ1v) is 4.36. The van der Waals surface area contributed by atoms with Crippen LogP contribution in [0.25, 0.3) is 0 Å². The molecular formula is C10H11F3O2. The monoisotopic (exact) mass is 220 g/mol. The maximum Gasteiger partial charge on any atom is 0.416 e. The number of hydrogen-bond donors (Lipinski definition) is 1. The van der Waals surface area contributed by atoms with Crippen LogP contribution in [0.5, 0.6) is 0 Å². The van der Waals surface area contributed by atoms with E-state index in [0.29, 0.717) is 0 Å². The van der Waals surface area contributed by atoms with Crippen molar-refractivity contribution in [3.05, 3.63) is 35.9 Å². The Kier molecular flexibility index (Phi) is 4.11. The molecule has 0 amide bonds. The van der Waals surface area contributed by atoms with Gasteiger partial charge in [0.1, 0.15) is 0 Å². The highest BCUT2D eigenvalue weighted by atomic mass is 19.4. The number of hydrogen-bond acceptors (Lipinski definition) is 2. The van der Waals surface area contributed by atoms with E-state index in [0.717, 1.165) is 5.56 Å². The molecule has 0 aliphatic carbocycles. The topological polar surface area (TPSA) is 29.5 Å². The van der Waals surface area contributed by atoms with E-state index in [2.05, 4.69) is 0 Å². The SMILES string of the molecule is O[C@H](COCc1ccccc1)C(F)(F)F. The third kappa shape index (κ3) is 4.31. The van der Waals surface area contributed by atoms with Gasteiger partial charge in [-0.3, -0.25) is 0 Å². The van der Waals surface area contributed by atoms with Gasteiger partial charge in [0.15, 0.2) is 6.10 Å². The van der Waals surface area contributed by atoms with Crippen molar-refractivity contribution in [2.24, 2.45) is 0 Å². The van der Waals surface area contributed by atoms with E-state index in [1.165, 1.54) is 0 Å². The number of benzene rings is 1. The van der Waals surface area contributed by atoms with E-state index in [4.69, 9.17) is 9.84 Å². The van der Waals surface area contributed by atoms with Crippen LogP contribution < -0.4 is 0 Å². The normalized spacial score (nSPS) is 13.9. The number of halogens is 3. The summed E-state index contributed by atoms with van der Waals surface area (Å²) in [6.45, 7) is -0.674. The molecule has 15 heavy (non-hydrogen) atoms. The second-order valence-corrected chi connectivity index (χ2v) is 3.06. The lowest BCUT2D eigenvalue weighted by molar-refractivity contribution is -0.218. The van der Waals surface area contributed by atoms with Crippen molar-refractivity contribution >= 4 is 0 Å². The molecule has 5 heteroatoms. The minimum atomic E-state index is -4.61. The molecule has 1 aromatic rings. The van der Waals surface area contributed by atoms with E-state index in [1.54, 1.807) is 30.3 Å². The van der Waals surface area contributed by atoms with Crippen LogP contribution in [0.1, 0.15) is 5.56 Å². The first-order valence-electron chi connectivity index (χ1n) is 4.36. The number of aliphatic hydroxyl groups is 1. The summed E-state index contributed by atoms with van der Waals surface area (Å²) in [5.74, 6) is 0. The Bertz CT molecular complexity index is 284. The zero-order valence-corrected chi connectivity index (χ0v) is 7.87. The van der Waals surface area contributed by atoms with Crippen LogP contribution in [-0.2, 0) is 11.3 Å². The molecule has 1 rings (SSSR count). The first-order chi connectivity index (χ1) is 7.00. The third-order valence-corrected chi connectivity index (χ3v) is 1.77. The zero-order chi connectivity index (χ0) is 11.3. The Hall–Kier alpha value is -1.07. The van der Waals surface area contributed by atoms with Crippen molar-refractivity contribution < 1.29 is 23.0 Å². The van der Waals surface area contributed by atoms with Gasteiger partial charge in [0.05, 0.1) is 13.2 Å². The van der Waals surface area contributed by atoms with E-state index in [1.807, 2.05) is 0 Å². The molecule has 1 aromatic carbocycles. The fourth-order valence-electron chi connectivity index (χ4n) is 0.957. The number of aliphatic hydroxyl groups excluding tert-OH is 1. The minimum absolute atomic E-state index is 0.0635. The predicted molar refractivity (Wildman–Crippen MR) is 48.2 cm³/mol. The molecule has 1 atom stereocenters. The molecule has 0 saturated carbocycles. The van der Waals surface area contributed by atoms with Gasteiger partial charge < -0.3 is 9.84 Å². The van der Waals surface area contributed by atoms with E-state index in [-0.39, 0.29) is 6.61 Å². The molecule has 0 bridgehead atoms. The van der Waals surface area contributed by atoms with E-state index in [9.17, 15) is 13.2 Å². The summed E-state index contributed by atoms with van der Waals surface area (Å²) in [6, 6.07) is 8.80. The molecule has 0 saturated heterocycles. The van der Waals surface area contributed by atoms with Gasteiger partial charge >= 0.3 is 6.18 Å². The molecular weight excluding hydrogens is 209 g/mol. The lowest BCUT2D eigenvalue weighted by Crippen LogP contribution is -2.32. The summed E-state index contributed by atoms with van der Waals surface area (Å²) >= 11 is 0. The van der Waals surface area contributed by atoms with Gasteiger partial charge in [-0.2, -0.15) is 13.2 Å². The highest BCUT2D eigenvalue weighted by Gasteiger charge is 2.38. The molecule has 84 valence electrons. The Labute approximate surface area is 85.3 Å². The highest BCUT2D eigenvalue weighted by molar-refractivity contribution is 5.13. The van der Waals surface area contributed by atoms with Crippen molar-refractivity contribution in [2.75, 3.05) is 6.61 Å². The van der Waals surface area contributed by atoms with Gasteiger partial charge in [-0.1, -0.05) is 30.3 Å². The fraction of sp³-hybridized carbons (Fsp3) is 0.400. The van der Waals surface area contributed by atoms with E-state index < -0.39 is 18.9 Å². The molecule has 0 fully saturated rings. The van der Waals surface area contributed by atoms with Gasteiger partial charge in [-0.25, -0.2) is 0 Å². The molecule has 0 radical (unpaired) electrons. The molecule has 1 N–H and O–H groups in total. The summed E-state index contributed by atoms with van der Waals surface area (Å²) in [7, 11) is 0. The third-order valence-electron chi connectivity index (χ3n) is 1.77. The summed E-state index contributed by atoms with van der Waals surface area (Å²) < 4.78 is 40.3. The molecule has 0 aromatic heterocycles. The van der Waals surface area contributed by atoms with Gasteiger partial charge in [-0.15, -0.1) is 0 Å². The lowest BCUT2D eigenvalue weighted by Gasteiger charge is -2.14.